The van der Waals surface area contributed by atoms with Gasteiger partial charge in [0, 0.05) is 50.8 Å². The van der Waals surface area contributed by atoms with E-state index in [1.54, 1.807) is 48.4 Å². The SMILES string of the molecule is COc1ccccc1C(=O)N1CCN(CCNC(=O)C(=O)NCc2ccc(Cl)cc2)CC1. The molecule has 0 aromatic heterocycles. The number of nitrogens with one attached hydrogen (secondary N) is 2. The van der Waals surface area contributed by atoms with Crippen LogP contribution in [-0.2, 0) is 16.1 Å². The maximum absolute atomic E-state index is 12.8. The van der Waals surface area contributed by atoms with Crippen molar-refractivity contribution >= 4 is 29.3 Å². The molecule has 1 fully saturated rings. The number of carbonyl (C=O) groups is 3. The predicted octanol–water partition coefficient (Wildman–Crippen LogP) is 1.54. The number of halogens is 1. The van der Waals surface area contributed by atoms with E-state index in [-0.39, 0.29) is 12.5 Å². The standard InChI is InChI=1S/C23H27ClN4O4/c1-32-20-5-3-2-4-19(20)23(31)28-14-12-27(13-15-28)11-10-25-21(29)22(30)26-16-17-6-8-18(24)9-7-17/h2-9H,10-16H2,1H3,(H,25,29)(H,26,30). The van der Waals surface area contributed by atoms with E-state index in [2.05, 4.69) is 15.5 Å². The van der Waals surface area contributed by atoms with Crippen molar-refractivity contribution in [3.63, 3.8) is 0 Å². The maximum atomic E-state index is 12.8. The fraction of sp³-hybridized carbons (Fsp3) is 0.348. The summed E-state index contributed by atoms with van der Waals surface area (Å²) in [6.07, 6.45) is 0. The molecule has 1 heterocycles. The summed E-state index contributed by atoms with van der Waals surface area (Å²) >= 11 is 5.83. The number of benzene rings is 2. The number of rotatable bonds is 7. The van der Waals surface area contributed by atoms with Gasteiger partial charge in [-0.15, -0.1) is 0 Å². The molecule has 170 valence electrons. The van der Waals surface area contributed by atoms with Gasteiger partial charge in [-0.05, 0) is 29.8 Å². The van der Waals surface area contributed by atoms with E-state index >= 15 is 0 Å². The Morgan fingerprint density at radius 2 is 1.59 bits per heavy atom. The molecule has 9 heteroatoms. The number of para-hydroxylation sites is 1. The fourth-order valence-electron chi connectivity index (χ4n) is 3.44. The van der Waals surface area contributed by atoms with Gasteiger partial charge in [-0.3, -0.25) is 19.3 Å². The minimum Gasteiger partial charge on any atom is -0.496 e. The highest BCUT2D eigenvalue weighted by Gasteiger charge is 2.24. The first kappa shape index (κ1) is 23.6. The second kappa shape index (κ2) is 11.5. The van der Waals surface area contributed by atoms with Crippen molar-refractivity contribution in [2.75, 3.05) is 46.4 Å². The number of amides is 3. The van der Waals surface area contributed by atoms with Crippen LogP contribution in [0.3, 0.4) is 0 Å². The number of ether oxygens (including phenoxy) is 1. The Morgan fingerprint density at radius 1 is 0.938 bits per heavy atom. The molecule has 32 heavy (non-hydrogen) atoms. The van der Waals surface area contributed by atoms with Crippen LogP contribution >= 0.6 is 11.6 Å². The van der Waals surface area contributed by atoms with Crippen molar-refractivity contribution in [1.29, 1.82) is 0 Å². The third kappa shape index (κ3) is 6.45. The molecule has 8 nitrogen and oxygen atoms in total. The van der Waals surface area contributed by atoms with Crippen LogP contribution in [0.2, 0.25) is 5.02 Å². The number of piperazine rings is 1. The van der Waals surface area contributed by atoms with Crippen molar-refractivity contribution in [2.45, 2.75) is 6.54 Å². The largest absolute Gasteiger partial charge is 0.496 e. The van der Waals surface area contributed by atoms with Crippen molar-refractivity contribution < 1.29 is 19.1 Å². The maximum Gasteiger partial charge on any atom is 0.309 e. The topological polar surface area (TPSA) is 91.0 Å². The van der Waals surface area contributed by atoms with Gasteiger partial charge in [-0.1, -0.05) is 35.9 Å². The first-order valence-corrected chi connectivity index (χ1v) is 10.8. The van der Waals surface area contributed by atoms with Crippen LogP contribution in [0, 0.1) is 0 Å². The molecule has 1 aliphatic rings. The van der Waals surface area contributed by atoms with Crippen molar-refractivity contribution in [2.24, 2.45) is 0 Å². The van der Waals surface area contributed by atoms with Gasteiger partial charge in [0.2, 0.25) is 0 Å². The van der Waals surface area contributed by atoms with Crippen LogP contribution < -0.4 is 15.4 Å². The molecule has 0 saturated carbocycles. The molecule has 0 spiro atoms. The zero-order valence-electron chi connectivity index (χ0n) is 18.0. The Hall–Kier alpha value is -3.10. The van der Waals surface area contributed by atoms with Crippen LogP contribution in [0.15, 0.2) is 48.5 Å². The van der Waals surface area contributed by atoms with E-state index in [1.165, 1.54) is 0 Å². The number of carbonyl (C=O) groups excluding carboxylic acids is 3. The monoisotopic (exact) mass is 458 g/mol. The number of nitrogens with zero attached hydrogens (tertiary/aromatic N) is 2. The summed E-state index contributed by atoms with van der Waals surface area (Å²) < 4.78 is 5.28. The lowest BCUT2D eigenvalue weighted by Gasteiger charge is -2.34. The lowest BCUT2D eigenvalue weighted by Crippen LogP contribution is -2.51. The van der Waals surface area contributed by atoms with E-state index in [0.717, 1.165) is 5.56 Å². The van der Waals surface area contributed by atoms with E-state index in [1.807, 2.05) is 12.1 Å². The Balaban J connectivity index is 1.35. The average Bonchev–Trinajstić information content (AvgIpc) is 2.83. The molecule has 3 amide bonds. The third-order valence-electron chi connectivity index (χ3n) is 5.28. The van der Waals surface area contributed by atoms with Gasteiger partial charge in [0.15, 0.2) is 0 Å². The molecule has 2 aromatic carbocycles. The second-order valence-corrected chi connectivity index (χ2v) is 7.84. The summed E-state index contributed by atoms with van der Waals surface area (Å²) in [5.41, 5.74) is 1.41. The van der Waals surface area contributed by atoms with Crippen molar-refractivity contribution in [3.8, 4) is 5.75 Å². The van der Waals surface area contributed by atoms with Gasteiger partial charge in [0.25, 0.3) is 5.91 Å². The molecule has 0 atom stereocenters. The van der Waals surface area contributed by atoms with E-state index in [4.69, 9.17) is 16.3 Å². The van der Waals surface area contributed by atoms with E-state index < -0.39 is 11.8 Å². The molecule has 1 saturated heterocycles. The Morgan fingerprint density at radius 3 is 2.28 bits per heavy atom. The van der Waals surface area contributed by atoms with E-state index in [9.17, 15) is 14.4 Å². The van der Waals surface area contributed by atoms with Gasteiger partial charge < -0.3 is 20.3 Å². The first-order valence-electron chi connectivity index (χ1n) is 10.4. The molecule has 0 unspecified atom stereocenters. The molecule has 0 bridgehead atoms. The highest BCUT2D eigenvalue weighted by atomic mass is 35.5. The summed E-state index contributed by atoms with van der Waals surface area (Å²) in [5, 5.41) is 5.84. The first-order chi connectivity index (χ1) is 15.5. The van der Waals surface area contributed by atoms with Crippen molar-refractivity contribution in [3.05, 3.63) is 64.7 Å². The summed E-state index contributed by atoms with van der Waals surface area (Å²) in [5.74, 6) is -0.819. The van der Waals surface area contributed by atoms with Gasteiger partial charge in [0.05, 0.1) is 12.7 Å². The molecule has 2 N–H and O–H groups in total. The van der Waals surface area contributed by atoms with Crippen LogP contribution in [-0.4, -0.2) is 73.9 Å². The Kier molecular flexibility index (Phi) is 8.47. The molecule has 1 aliphatic heterocycles. The molecule has 0 radical (unpaired) electrons. The van der Waals surface area contributed by atoms with Crippen LogP contribution in [0.5, 0.6) is 5.75 Å². The van der Waals surface area contributed by atoms with Crippen LogP contribution in [0.4, 0.5) is 0 Å². The highest BCUT2D eigenvalue weighted by molar-refractivity contribution is 6.35. The van der Waals surface area contributed by atoms with Gasteiger partial charge >= 0.3 is 11.8 Å². The normalized spacial score (nSPS) is 14.0. The van der Waals surface area contributed by atoms with Crippen molar-refractivity contribution in [1.82, 2.24) is 20.4 Å². The summed E-state index contributed by atoms with van der Waals surface area (Å²) in [4.78, 5) is 40.7. The predicted molar refractivity (Wildman–Crippen MR) is 122 cm³/mol. The second-order valence-electron chi connectivity index (χ2n) is 7.40. The minimum atomic E-state index is -0.674. The Labute approximate surface area is 192 Å². The molecular formula is C23H27ClN4O4. The summed E-state index contributed by atoms with van der Waals surface area (Å²) in [6.45, 7) is 3.78. The van der Waals surface area contributed by atoms with Crippen LogP contribution in [0.25, 0.3) is 0 Å². The molecule has 3 rings (SSSR count). The molecular weight excluding hydrogens is 432 g/mol. The minimum absolute atomic E-state index is 0.0484. The van der Waals surface area contributed by atoms with Gasteiger partial charge in [0.1, 0.15) is 5.75 Å². The smallest absolute Gasteiger partial charge is 0.309 e. The zero-order chi connectivity index (χ0) is 22.9. The number of hydrogen-bond donors (Lipinski definition) is 2. The van der Waals surface area contributed by atoms with Gasteiger partial charge in [-0.25, -0.2) is 0 Å². The fourth-order valence-corrected chi connectivity index (χ4v) is 3.56. The highest BCUT2D eigenvalue weighted by Crippen LogP contribution is 2.20. The Bertz CT molecular complexity index is 943. The summed E-state index contributed by atoms with van der Waals surface area (Å²) in [6, 6.07) is 14.2. The van der Waals surface area contributed by atoms with Gasteiger partial charge in [-0.2, -0.15) is 0 Å². The average molecular weight is 459 g/mol. The summed E-state index contributed by atoms with van der Waals surface area (Å²) in [7, 11) is 1.55. The van der Waals surface area contributed by atoms with Crippen LogP contribution in [0.1, 0.15) is 15.9 Å². The lowest BCUT2D eigenvalue weighted by molar-refractivity contribution is -0.139. The number of methoxy groups -OCH3 is 1. The molecule has 0 aliphatic carbocycles. The third-order valence-corrected chi connectivity index (χ3v) is 5.54. The molecule has 2 aromatic rings. The lowest BCUT2D eigenvalue weighted by atomic mass is 10.1. The zero-order valence-corrected chi connectivity index (χ0v) is 18.7. The number of hydrogen-bond acceptors (Lipinski definition) is 5. The van der Waals surface area contributed by atoms with E-state index in [0.29, 0.717) is 55.6 Å². The quantitative estimate of drug-likeness (QED) is 0.614.